The predicted molar refractivity (Wildman–Crippen MR) is 73.8 cm³/mol. The van der Waals surface area contributed by atoms with Crippen molar-refractivity contribution in [2.75, 3.05) is 0 Å². The van der Waals surface area contributed by atoms with Crippen LogP contribution in [-0.2, 0) is 6.42 Å². The number of carboxylic acids is 1. The zero-order chi connectivity index (χ0) is 13.0. The van der Waals surface area contributed by atoms with Gasteiger partial charge in [-0.1, -0.05) is 37.3 Å². The van der Waals surface area contributed by atoms with Gasteiger partial charge in [-0.15, -0.1) is 11.3 Å². The summed E-state index contributed by atoms with van der Waals surface area (Å²) < 4.78 is 0. The van der Waals surface area contributed by atoms with Crippen LogP contribution in [0.1, 0.15) is 32.7 Å². The predicted octanol–water partition coefficient (Wildman–Crippen LogP) is 3.57. The van der Waals surface area contributed by atoms with Gasteiger partial charge in [-0.05, 0) is 23.6 Å². The Morgan fingerprint density at radius 3 is 2.61 bits per heavy atom. The van der Waals surface area contributed by atoms with E-state index in [1.807, 2.05) is 24.3 Å². The zero-order valence-corrected chi connectivity index (χ0v) is 10.8. The van der Waals surface area contributed by atoms with E-state index in [2.05, 4.69) is 24.0 Å². The SMILES string of the molecule is CCc1ccc(/C=C/c2ncc(C(=O)O)s2)cc1. The van der Waals surface area contributed by atoms with E-state index in [0.717, 1.165) is 12.0 Å². The Balaban J connectivity index is 2.11. The first-order valence-corrected chi connectivity index (χ1v) is 6.47. The second kappa shape index (κ2) is 5.60. The average Bonchev–Trinajstić information content (AvgIpc) is 2.86. The van der Waals surface area contributed by atoms with Crippen molar-refractivity contribution >= 4 is 29.5 Å². The first-order chi connectivity index (χ1) is 8.69. The third kappa shape index (κ3) is 3.05. The minimum Gasteiger partial charge on any atom is -0.477 e. The minimum absolute atomic E-state index is 0.260. The number of carbonyl (C=O) groups is 1. The molecule has 0 atom stereocenters. The van der Waals surface area contributed by atoms with Gasteiger partial charge in [0, 0.05) is 0 Å². The maximum absolute atomic E-state index is 10.7. The van der Waals surface area contributed by atoms with Gasteiger partial charge >= 0.3 is 5.97 Å². The van der Waals surface area contributed by atoms with Crippen LogP contribution in [0.3, 0.4) is 0 Å². The van der Waals surface area contributed by atoms with E-state index >= 15 is 0 Å². The van der Waals surface area contributed by atoms with Crippen molar-refractivity contribution in [1.82, 2.24) is 4.98 Å². The summed E-state index contributed by atoms with van der Waals surface area (Å²) in [7, 11) is 0. The lowest BCUT2D eigenvalue weighted by Crippen LogP contribution is -1.89. The number of carboxylic acid groups (broad SMARTS) is 1. The minimum atomic E-state index is -0.931. The molecule has 92 valence electrons. The first kappa shape index (κ1) is 12.5. The van der Waals surface area contributed by atoms with Gasteiger partial charge in [-0.25, -0.2) is 9.78 Å². The van der Waals surface area contributed by atoms with Gasteiger partial charge in [-0.2, -0.15) is 0 Å². The lowest BCUT2D eigenvalue weighted by molar-refractivity contribution is 0.0702. The number of hydrogen-bond donors (Lipinski definition) is 1. The molecule has 1 aromatic carbocycles. The number of hydrogen-bond acceptors (Lipinski definition) is 3. The zero-order valence-electron chi connectivity index (χ0n) is 9.96. The van der Waals surface area contributed by atoms with E-state index in [0.29, 0.717) is 5.01 Å². The molecular weight excluding hydrogens is 246 g/mol. The number of aromatic carboxylic acids is 1. The lowest BCUT2D eigenvalue weighted by atomic mass is 10.1. The van der Waals surface area contributed by atoms with Crippen molar-refractivity contribution in [3.05, 3.63) is 51.5 Å². The van der Waals surface area contributed by atoms with E-state index in [1.165, 1.54) is 23.1 Å². The fourth-order valence-electron chi connectivity index (χ4n) is 1.50. The second-order valence-electron chi connectivity index (χ2n) is 3.80. The Labute approximate surface area is 109 Å². The summed E-state index contributed by atoms with van der Waals surface area (Å²) in [5.74, 6) is -0.931. The molecule has 0 aliphatic rings. The molecule has 0 bridgehead atoms. The second-order valence-corrected chi connectivity index (χ2v) is 4.86. The molecule has 3 nitrogen and oxygen atoms in total. The van der Waals surface area contributed by atoms with E-state index in [9.17, 15) is 4.79 Å². The standard InChI is InChI=1S/C14H13NO2S/c1-2-10-3-5-11(6-4-10)7-8-13-15-9-12(18-13)14(16)17/h3-9H,2H2,1H3,(H,16,17)/b8-7+. The number of benzene rings is 1. The van der Waals surface area contributed by atoms with Crippen LogP contribution < -0.4 is 0 Å². The molecule has 0 saturated heterocycles. The highest BCUT2D eigenvalue weighted by Gasteiger charge is 2.05. The smallest absolute Gasteiger partial charge is 0.347 e. The quantitative estimate of drug-likeness (QED) is 0.913. The molecule has 0 spiro atoms. The molecule has 1 N–H and O–H groups in total. The Kier molecular flexibility index (Phi) is 3.89. The molecule has 18 heavy (non-hydrogen) atoms. The van der Waals surface area contributed by atoms with Gasteiger partial charge in [-0.3, -0.25) is 0 Å². The molecular formula is C14H13NO2S. The third-order valence-electron chi connectivity index (χ3n) is 2.54. The number of aryl methyl sites for hydroxylation is 1. The highest BCUT2D eigenvalue weighted by atomic mass is 32.1. The molecule has 0 amide bonds. The third-order valence-corrected chi connectivity index (χ3v) is 3.49. The van der Waals surface area contributed by atoms with Crippen LogP contribution in [0.2, 0.25) is 0 Å². The Morgan fingerprint density at radius 2 is 2.06 bits per heavy atom. The molecule has 4 heteroatoms. The topological polar surface area (TPSA) is 50.2 Å². The molecule has 0 aliphatic carbocycles. The number of nitrogens with zero attached hydrogens (tertiary/aromatic N) is 1. The van der Waals surface area contributed by atoms with Crippen molar-refractivity contribution in [1.29, 1.82) is 0 Å². The summed E-state index contributed by atoms with van der Waals surface area (Å²) in [4.78, 5) is 15.0. The van der Waals surface area contributed by atoms with E-state index < -0.39 is 5.97 Å². The molecule has 2 aromatic rings. The van der Waals surface area contributed by atoms with Crippen molar-refractivity contribution in [2.45, 2.75) is 13.3 Å². The Morgan fingerprint density at radius 1 is 1.33 bits per heavy atom. The fraction of sp³-hybridized carbons (Fsp3) is 0.143. The first-order valence-electron chi connectivity index (χ1n) is 5.65. The average molecular weight is 259 g/mol. The van der Waals surface area contributed by atoms with Crippen LogP contribution in [0.5, 0.6) is 0 Å². The van der Waals surface area contributed by atoms with Gasteiger partial charge in [0.05, 0.1) is 6.20 Å². The molecule has 0 saturated carbocycles. The molecule has 1 heterocycles. The monoisotopic (exact) mass is 259 g/mol. The molecule has 0 radical (unpaired) electrons. The summed E-state index contributed by atoms with van der Waals surface area (Å²) in [5.41, 5.74) is 2.38. The van der Waals surface area contributed by atoms with Crippen LogP contribution in [0.25, 0.3) is 12.2 Å². The van der Waals surface area contributed by atoms with Gasteiger partial charge in [0.1, 0.15) is 9.88 Å². The maximum Gasteiger partial charge on any atom is 0.347 e. The van der Waals surface area contributed by atoms with Gasteiger partial charge in [0.15, 0.2) is 0 Å². The van der Waals surface area contributed by atoms with Crippen LogP contribution in [0.4, 0.5) is 0 Å². The molecule has 0 unspecified atom stereocenters. The van der Waals surface area contributed by atoms with Crippen LogP contribution >= 0.6 is 11.3 Å². The van der Waals surface area contributed by atoms with Gasteiger partial charge < -0.3 is 5.11 Å². The van der Waals surface area contributed by atoms with Gasteiger partial charge in [0.2, 0.25) is 0 Å². The fourth-order valence-corrected chi connectivity index (χ4v) is 2.16. The molecule has 0 fully saturated rings. The summed E-state index contributed by atoms with van der Waals surface area (Å²) in [6.45, 7) is 2.12. The summed E-state index contributed by atoms with van der Waals surface area (Å²) >= 11 is 1.17. The maximum atomic E-state index is 10.7. The lowest BCUT2D eigenvalue weighted by Gasteiger charge is -1.96. The summed E-state index contributed by atoms with van der Waals surface area (Å²) in [5, 5.41) is 9.49. The van der Waals surface area contributed by atoms with Crippen LogP contribution in [-0.4, -0.2) is 16.1 Å². The van der Waals surface area contributed by atoms with Crippen molar-refractivity contribution in [3.63, 3.8) is 0 Å². The van der Waals surface area contributed by atoms with Crippen molar-refractivity contribution in [3.8, 4) is 0 Å². The highest BCUT2D eigenvalue weighted by molar-refractivity contribution is 7.14. The highest BCUT2D eigenvalue weighted by Crippen LogP contribution is 2.16. The van der Waals surface area contributed by atoms with Crippen molar-refractivity contribution < 1.29 is 9.90 Å². The largest absolute Gasteiger partial charge is 0.477 e. The summed E-state index contributed by atoms with van der Waals surface area (Å²) in [6, 6.07) is 8.26. The normalized spacial score (nSPS) is 10.9. The number of thiazole rings is 1. The summed E-state index contributed by atoms with van der Waals surface area (Å²) in [6.07, 6.45) is 6.17. The number of aromatic nitrogens is 1. The van der Waals surface area contributed by atoms with Gasteiger partial charge in [0.25, 0.3) is 0 Å². The Bertz CT molecular complexity index is 570. The van der Waals surface area contributed by atoms with E-state index in [-0.39, 0.29) is 4.88 Å². The number of rotatable bonds is 4. The molecule has 1 aromatic heterocycles. The Hall–Kier alpha value is -1.94. The van der Waals surface area contributed by atoms with E-state index in [1.54, 1.807) is 0 Å². The van der Waals surface area contributed by atoms with E-state index in [4.69, 9.17) is 5.11 Å². The van der Waals surface area contributed by atoms with Crippen LogP contribution in [0.15, 0.2) is 30.5 Å². The van der Waals surface area contributed by atoms with Crippen molar-refractivity contribution in [2.24, 2.45) is 0 Å². The molecule has 2 rings (SSSR count). The van der Waals surface area contributed by atoms with Crippen LogP contribution in [0, 0.1) is 0 Å². The molecule has 0 aliphatic heterocycles.